The van der Waals surface area contributed by atoms with Gasteiger partial charge in [-0.05, 0) is 111 Å². The van der Waals surface area contributed by atoms with E-state index in [0.29, 0.717) is 41.9 Å². The Morgan fingerprint density at radius 1 is 1.06 bits per heavy atom. The third-order valence-corrected chi connectivity index (χ3v) is 12.0. The van der Waals surface area contributed by atoms with Gasteiger partial charge in [-0.1, -0.05) is 20.8 Å². The first-order chi connectivity index (χ1) is 16.2. The molecule has 4 saturated carbocycles. The van der Waals surface area contributed by atoms with Crippen molar-refractivity contribution in [3.8, 4) is 0 Å². The Morgan fingerprint density at radius 2 is 1.71 bits per heavy atom. The van der Waals surface area contributed by atoms with E-state index >= 15 is 0 Å². The average Bonchev–Trinajstić information content (AvgIpc) is 3.09. The van der Waals surface area contributed by atoms with Gasteiger partial charge in [0.25, 0.3) is 10.1 Å². The Hall–Kier alpha value is -0.700. The summed E-state index contributed by atoms with van der Waals surface area (Å²) < 4.78 is 30.5. The smallest absolute Gasteiger partial charge is 0.266 e. The second-order valence-electron chi connectivity index (χ2n) is 13.3. The molecule has 4 rings (SSSR count). The first kappa shape index (κ1) is 27.3. The average molecular weight is 514 g/mol. The summed E-state index contributed by atoms with van der Waals surface area (Å²) in [7, 11) is -4.07. The second-order valence-corrected chi connectivity index (χ2v) is 14.9. The van der Waals surface area contributed by atoms with Gasteiger partial charge in [0.05, 0.1) is 17.5 Å². The zero-order valence-electron chi connectivity index (χ0n) is 22.0. The summed E-state index contributed by atoms with van der Waals surface area (Å²) in [6, 6.07) is 0. The Morgan fingerprint density at radius 3 is 2.40 bits per heavy atom. The maximum absolute atomic E-state index is 12.2. The lowest BCUT2D eigenvalue weighted by Crippen LogP contribution is -2.62. The number of nitrogens with one attached hydrogen (secondary N) is 1. The highest BCUT2D eigenvalue weighted by molar-refractivity contribution is 7.85. The monoisotopic (exact) mass is 513 g/mol. The van der Waals surface area contributed by atoms with Crippen LogP contribution in [-0.4, -0.2) is 53.1 Å². The number of carbonyl (C=O) groups excluding carboxylic acids is 1. The number of aliphatic hydroxyl groups excluding tert-OH is 1. The minimum absolute atomic E-state index is 0.0653. The van der Waals surface area contributed by atoms with Gasteiger partial charge >= 0.3 is 0 Å². The minimum Gasteiger partial charge on any atom is -0.393 e. The van der Waals surface area contributed by atoms with Gasteiger partial charge in [0.15, 0.2) is 0 Å². The van der Waals surface area contributed by atoms with E-state index in [4.69, 9.17) is 4.55 Å². The van der Waals surface area contributed by atoms with Crippen molar-refractivity contribution in [1.29, 1.82) is 0 Å². The van der Waals surface area contributed by atoms with E-state index in [1.807, 2.05) is 0 Å². The Labute approximate surface area is 211 Å². The number of amides is 1. The summed E-state index contributed by atoms with van der Waals surface area (Å²) in [6.45, 7) is 9.11. The highest BCUT2D eigenvalue weighted by atomic mass is 32.2. The maximum atomic E-state index is 12.2. The molecule has 4 aliphatic rings. The van der Waals surface area contributed by atoms with Crippen LogP contribution in [0.1, 0.15) is 91.9 Å². The Kier molecular flexibility index (Phi) is 7.46. The summed E-state index contributed by atoms with van der Waals surface area (Å²) in [5.41, 5.74) is -0.343. The highest BCUT2D eigenvalue weighted by Gasteiger charge is 2.65. The molecule has 4 aliphatic carbocycles. The zero-order chi connectivity index (χ0) is 25.8. The molecule has 0 aromatic carbocycles. The lowest BCUT2D eigenvalue weighted by Gasteiger charge is -2.65. The van der Waals surface area contributed by atoms with Gasteiger partial charge < -0.3 is 15.5 Å². The molecule has 10 atom stereocenters. The van der Waals surface area contributed by atoms with Gasteiger partial charge in [-0.15, -0.1) is 0 Å². The highest BCUT2D eigenvalue weighted by Crippen LogP contribution is 2.70. The van der Waals surface area contributed by atoms with Crippen LogP contribution < -0.4 is 5.32 Å². The molecule has 202 valence electrons. The van der Waals surface area contributed by atoms with Crippen LogP contribution in [0.25, 0.3) is 0 Å². The molecule has 0 radical (unpaired) electrons. The first-order valence-electron chi connectivity index (χ1n) is 13.8. The number of aliphatic hydroxyl groups is 2. The van der Waals surface area contributed by atoms with Crippen molar-refractivity contribution in [2.45, 2.75) is 104 Å². The first-order valence-corrected chi connectivity index (χ1v) is 15.4. The van der Waals surface area contributed by atoms with Crippen molar-refractivity contribution < 1.29 is 28.0 Å². The van der Waals surface area contributed by atoms with Gasteiger partial charge in [-0.3, -0.25) is 9.35 Å². The molecular formula is C27H47NO6S. The minimum atomic E-state index is -4.07. The normalized spacial score (nSPS) is 46.3. The molecule has 0 aromatic rings. The van der Waals surface area contributed by atoms with Crippen LogP contribution in [0.2, 0.25) is 0 Å². The van der Waals surface area contributed by atoms with Crippen LogP contribution in [0.3, 0.4) is 0 Å². The molecule has 0 aliphatic heterocycles. The van der Waals surface area contributed by atoms with Crippen molar-refractivity contribution in [2.24, 2.45) is 46.3 Å². The fraction of sp³-hybridized carbons (Fsp3) is 0.963. The lowest BCUT2D eigenvalue weighted by molar-refractivity contribution is -0.212. The molecule has 1 amide bonds. The SMILES string of the molecule is C[C@H](CCC(=O)NCCS(=O)(=O)O)[C@H]1CC[C@H]2[C@H]3[C@H](CC[C@]12C)[C@@]1(C)CC[C@@H](O)C[C@H]1C[C@@]3(C)O. The van der Waals surface area contributed by atoms with Gasteiger partial charge in [0.2, 0.25) is 5.91 Å². The van der Waals surface area contributed by atoms with Crippen LogP contribution in [0.15, 0.2) is 0 Å². The van der Waals surface area contributed by atoms with Gasteiger partial charge in [0.1, 0.15) is 0 Å². The molecular weight excluding hydrogens is 466 g/mol. The molecule has 0 bridgehead atoms. The van der Waals surface area contributed by atoms with Crippen LogP contribution >= 0.6 is 0 Å². The molecule has 0 saturated heterocycles. The van der Waals surface area contributed by atoms with E-state index in [1.165, 1.54) is 0 Å². The predicted molar refractivity (Wildman–Crippen MR) is 135 cm³/mol. The van der Waals surface area contributed by atoms with E-state index in [9.17, 15) is 23.4 Å². The van der Waals surface area contributed by atoms with Crippen molar-refractivity contribution in [2.75, 3.05) is 12.3 Å². The molecule has 0 unspecified atom stereocenters. The Bertz CT molecular complexity index is 905. The van der Waals surface area contributed by atoms with Gasteiger partial charge in [-0.2, -0.15) is 8.42 Å². The number of hydrogen-bond donors (Lipinski definition) is 4. The van der Waals surface area contributed by atoms with Crippen molar-refractivity contribution >= 4 is 16.0 Å². The summed E-state index contributed by atoms with van der Waals surface area (Å²) in [5, 5.41) is 24.8. The standard InChI is InChI=1S/C27H47NO6S/c1-17(5-8-23(30)28-13-14-35(32,33)34)20-6-7-21-24-22(10-12-26(20,21)3)25(2)11-9-19(29)15-18(25)16-27(24,4)31/h17-22,24,29,31H,5-16H2,1-4H3,(H,28,30)(H,32,33,34)/t17-,18+,19-,20-,21+,22+,24+,25+,26-,27-/m1/s1. The molecule has 4 N–H and O–H groups in total. The fourth-order valence-electron chi connectivity index (χ4n) is 9.53. The summed E-state index contributed by atoms with van der Waals surface area (Å²) in [4.78, 5) is 12.2. The predicted octanol–water partition coefficient (Wildman–Crippen LogP) is 3.79. The topological polar surface area (TPSA) is 124 Å². The third-order valence-electron chi connectivity index (χ3n) is 11.3. The largest absolute Gasteiger partial charge is 0.393 e. The summed E-state index contributed by atoms with van der Waals surface area (Å²) >= 11 is 0. The number of fused-ring (bicyclic) bond motifs is 5. The fourth-order valence-corrected chi connectivity index (χ4v) is 9.89. The van der Waals surface area contributed by atoms with E-state index in [-0.39, 0.29) is 29.4 Å². The lowest BCUT2D eigenvalue weighted by atomic mass is 9.41. The van der Waals surface area contributed by atoms with Crippen LogP contribution in [0.5, 0.6) is 0 Å². The van der Waals surface area contributed by atoms with E-state index in [0.717, 1.165) is 57.8 Å². The van der Waals surface area contributed by atoms with E-state index in [1.54, 1.807) is 0 Å². The maximum Gasteiger partial charge on any atom is 0.266 e. The quantitative estimate of drug-likeness (QED) is 0.384. The summed E-state index contributed by atoms with van der Waals surface area (Å²) in [6.07, 6.45) is 9.00. The second kappa shape index (κ2) is 9.55. The molecule has 8 heteroatoms. The molecule has 0 spiro atoms. The van der Waals surface area contributed by atoms with Crippen molar-refractivity contribution in [3.05, 3.63) is 0 Å². The number of carbonyl (C=O) groups is 1. The van der Waals surface area contributed by atoms with Crippen LogP contribution in [-0.2, 0) is 14.9 Å². The molecule has 0 aromatic heterocycles. The zero-order valence-corrected chi connectivity index (χ0v) is 22.8. The molecule has 0 heterocycles. The van der Waals surface area contributed by atoms with Crippen LogP contribution in [0.4, 0.5) is 0 Å². The number of hydrogen-bond acceptors (Lipinski definition) is 5. The van der Waals surface area contributed by atoms with Gasteiger partial charge in [0, 0.05) is 13.0 Å². The van der Waals surface area contributed by atoms with E-state index < -0.39 is 21.5 Å². The van der Waals surface area contributed by atoms with Crippen molar-refractivity contribution in [1.82, 2.24) is 5.32 Å². The van der Waals surface area contributed by atoms with Gasteiger partial charge in [-0.25, -0.2) is 0 Å². The number of rotatable bonds is 7. The third kappa shape index (κ3) is 5.19. The molecule has 4 fully saturated rings. The molecule has 7 nitrogen and oxygen atoms in total. The van der Waals surface area contributed by atoms with Crippen molar-refractivity contribution in [3.63, 3.8) is 0 Å². The van der Waals surface area contributed by atoms with Crippen LogP contribution in [0, 0.1) is 46.3 Å². The summed E-state index contributed by atoms with van der Waals surface area (Å²) in [5.74, 6) is 1.92. The Balaban J connectivity index is 1.43. The van der Waals surface area contributed by atoms with E-state index in [2.05, 4.69) is 33.0 Å². The molecule has 35 heavy (non-hydrogen) atoms.